The largest absolute Gasteiger partial charge is 0.445 e. The van der Waals surface area contributed by atoms with E-state index in [1.807, 2.05) is 36.5 Å². The Morgan fingerprint density at radius 2 is 2.13 bits per heavy atom. The fourth-order valence-corrected chi connectivity index (χ4v) is 3.02. The van der Waals surface area contributed by atoms with Crippen molar-refractivity contribution in [1.82, 2.24) is 14.7 Å². The maximum Gasteiger partial charge on any atom is 0.410 e. The molecule has 1 aliphatic heterocycles. The molecule has 23 heavy (non-hydrogen) atoms. The quantitative estimate of drug-likeness (QED) is 0.944. The van der Waals surface area contributed by atoms with Gasteiger partial charge in [-0.3, -0.25) is 14.6 Å². The topological polar surface area (TPSA) is 67.3 Å². The predicted octanol–water partition coefficient (Wildman–Crippen LogP) is 2.23. The lowest BCUT2D eigenvalue weighted by atomic mass is 9.93. The van der Waals surface area contributed by atoms with Crippen LogP contribution in [0, 0.1) is 0 Å². The number of ether oxygens (including phenoxy) is 1. The van der Waals surface area contributed by atoms with Crippen LogP contribution in [0.5, 0.6) is 0 Å². The van der Waals surface area contributed by atoms with Gasteiger partial charge < -0.3 is 9.64 Å². The first-order valence-corrected chi connectivity index (χ1v) is 7.84. The third-order valence-corrected chi connectivity index (χ3v) is 4.20. The van der Waals surface area contributed by atoms with Gasteiger partial charge in [0.05, 0.1) is 0 Å². The molecule has 1 atom stereocenters. The molecule has 0 saturated carbocycles. The lowest BCUT2D eigenvalue weighted by Crippen LogP contribution is -2.40. The third-order valence-electron chi connectivity index (χ3n) is 4.20. The summed E-state index contributed by atoms with van der Waals surface area (Å²) in [6, 6.07) is 9.62. The number of hydrogen-bond acceptors (Lipinski definition) is 3. The number of amides is 1. The molecule has 0 aliphatic carbocycles. The van der Waals surface area contributed by atoms with Gasteiger partial charge in [-0.05, 0) is 18.4 Å². The van der Waals surface area contributed by atoms with Crippen molar-refractivity contribution in [3.8, 4) is 0 Å². The molecule has 3 rings (SSSR count). The van der Waals surface area contributed by atoms with Crippen LogP contribution >= 0.6 is 0 Å². The molecule has 6 heteroatoms. The molecular weight excluding hydrogens is 294 g/mol. The summed E-state index contributed by atoms with van der Waals surface area (Å²) in [6.45, 7) is 1.47. The van der Waals surface area contributed by atoms with Crippen molar-refractivity contribution in [2.75, 3.05) is 13.1 Å². The zero-order valence-electron chi connectivity index (χ0n) is 13.2. The fourth-order valence-electron chi connectivity index (χ4n) is 3.02. The molecule has 2 heterocycles. The molecule has 1 N–H and O–H groups in total. The second-order valence-electron chi connectivity index (χ2n) is 5.96. The summed E-state index contributed by atoms with van der Waals surface area (Å²) in [6.07, 6.45) is 3.28. The van der Waals surface area contributed by atoms with Crippen LogP contribution in [0.3, 0.4) is 0 Å². The van der Waals surface area contributed by atoms with E-state index in [-0.39, 0.29) is 24.2 Å². The number of carbonyl (C=O) groups is 1. The molecule has 1 aliphatic rings. The van der Waals surface area contributed by atoms with E-state index in [1.165, 1.54) is 0 Å². The molecule has 2 aromatic rings. The Morgan fingerprint density at radius 1 is 1.35 bits per heavy atom. The maximum absolute atomic E-state index is 12.3. The van der Waals surface area contributed by atoms with E-state index in [2.05, 4.69) is 5.10 Å². The second kappa shape index (κ2) is 6.73. The molecule has 0 bridgehead atoms. The molecular formula is C17H21N3O3. The number of aryl methyl sites for hydroxylation is 1. The lowest BCUT2D eigenvalue weighted by Gasteiger charge is -2.31. The van der Waals surface area contributed by atoms with Crippen LogP contribution < -0.4 is 5.56 Å². The van der Waals surface area contributed by atoms with Crippen molar-refractivity contribution in [3.63, 3.8) is 0 Å². The van der Waals surface area contributed by atoms with E-state index in [1.54, 1.807) is 16.6 Å². The number of nitrogens with one attached hydrogen (secondary N) is 1. The van der Waals surface area contributed by atoms with Gasteiger partial charge in [0.15, 0.2) is 0 Å². The highest BCUT2D eigenvalue weighted by molar-refractivity contribution is 5.67. The molecule has 1 aromatic heterocycles. The number of nitrogens with zero attached hydrogens (tertiary/aromatic N) is 2. The minimum absolute atomic E-state index is 0.0676. The second-order valence-corrected chi connectivity index (χ2v) is 5.96. The fraction of sp³-hybridized carbons (Fsp3) is 0.412. The van der Waals surface area contributed by atoms with Crippen molar-refractivity contribution < 1.29 is 9.53 Å². The number of hydrogen-bond donors (Lipinski definition) is 1. The average molecular weight is 315 g/mol. The van der Waals surface area contributed by atoms with Gasteiger partial charge in [0, 0.05) is 37.8 Å². The number of piperidine rings is 1. The Balaban J connectivity index is 1.60. The Hall–Kier alpha value is -2.50. The van der Waals surface area contributed by atoms with Crippen LogP contribution in [-0.4, -0.2) is 33.9 Å². The van der Waals surface area contributed by atoms with Gasteiger partial charge in [-0.15, -0.1) is 0 Å². The standard InChI is InChI=1S/C17H21N3O3/c1-19-11-15(16(21)18-19)14-8-5-9-20(10-14)17(22)23-12-13-6-3-2-4-7-13/h2-4,6-7,11,14H,5,8-10,12H2,1H3,(H,18,21). The van der Waals surface area contributed by atoms with Gasteiger partial charge in [0.1, 0.15) is 6.61 Å². The molecule has 0 spiro atoms. The molecule has 1 amide bonds. The Morgan fingerprint density at radius 3 is 2.83 bits per heavy atom. The summed E-state index contributed by atoms with van der Waals surface area (Å²) in [5.74, 6) is 0.0676. The van der Waals surface area contributed by atoms with E-state index in [0.717, 1.165) is 24.0 Å². The van der Waals surface area contributed by atoms with Gasteiger partial charge in [-0.1, -0.05) is 30.3 Å². The average Bonchev–Trinajstić information content (AvgIpc) is 2.92. The maximum atomic E-state index is 12.3. The highest BCUT2D eigenvalue weighted by atomic mass is 16.6. The number of aromatic nitrogens is 2. The van der Waals surface area contributed by atoms with E-state index in [4.69, 9.17) is 4.74 Å². The molecule has 1 unspecified atom stereocenters. The van der Waals surface area contributed by atoms with Crippen molar-refractivity contribution in [3.05, 3.63) is 58.0 Å². The molecule has 122 valence electrons. The number of aromatic amines is 1. The van der Waals surface area contributed by atoms with Gasteiger partial charge in [0.2, 0.25) is 0 Å². The number of rotatable bonds is 3. The summed E-state index contributed by atoms with van der Waals surface area (Å²) in [4.78, 5) is 25.9. The monoisotopic (exact) mass is 315 g/mol. The number of likely N-dealkylation sites (tertiary alicyclic amines) is 1. The van der Waals surface area contributed by atoms with E-state index in [0.29, 0.717) is 13.1 Å². The lowest BCUT2D eigenvalue weighted by molar-refractivity contribution is 0.0858. The van der Waals surface area contributed by atoms with Crippen molar-refractivity contribution >= 4 is 6.09 Å². The number of H-pyrrole nitrogens is 1. The van der Waals surface area contributed by atoms with Gasteiger partial charge in [-0.25, -0.2) is 4.79 Å². The summed E-state index contributed by atoms with van der Waals surface area (Å²) in [5.41, 5.74) is 1.64. The minimum Gasteiger partial charge on any atom is -0.445 e. The smallest absolute Gasteiger partial charge is 0.410 e. The predicted molar refractivity (Wildman–Crippen MR) is 86.2 cm³/mol. The van der Waals surface area contributed by atoms with Crippen molar-refractivity contribution in [2.45, 2.75) is 25.4 Å². The summed E-state index contributed by atoms with van der Waals surface area (Å²) >= 11 is 0. The van der Waals surface area contributed by atoms with Gasteiger partial charge in [0.25, 0.3) is 5.56 Å². The van der Waals surface area contributed by atoms with Crippen LogP contribution in [0.15, 0.2) is 41.3 Å². The van der Waals surface area contributed by atoms with Gasteiger partial charge >= 0.3 is 6.09 Å². The Bertz CT molecular complexity index is 720. The van der Waals surface area contributed by atoms with E-state index < -0.39 is 0 Å². The summed E-state index contributed by atoms with van der Waals surface area (Å²) in [7, 11) is 1.79. The van der Waals surface area contributed by atoms with Crippen molar-refractivity contribution in [1.29, 1.82) is 0 Å². The molecule has 6 nitrogen and oxygen atoms in total. The first-order valence-electron chi connectivity index (χ1n) is 7.84. The Labute approximate surface area is 134 Å². The number of benzene rings is 1. The zero-order valence-corrected chi connectivity index (χ0v) is 13.2. The van der Waals surface area contributed by atoms with Crippen LogP contribution in [0.2, 0.25) is 0 Å². The summed E-state index contributed by atoms with van der Waals surface area (Å²) < 4.78 is 7.04. The van der Waals surface area contributed by atoms with E-state index >= 15 is 0 Å². The van der Waals surface area contributed by atoms with Crippen molar-refractivity contribution in [2.24, 2.45) is 7.05 Å². The third kappa shape index (κ3) is 3.64. The van der Waals surface area contributed by atoms with Crippen LogP contribution in [0.4, 0.5) is 4.79 Å². The minimum atomic E-state index is -0.314. The normalized spacial score (nSPS) is 18.0. The Kier molecular flexibility index (Phi) is 4.50. The molecule has 1 saturated heterocycles. The van der Waals surface area contributed by atoms with Gasteiger partial charge in [-0.2, -0.15) is 0 Å². The number of carbonyl (C=O) groups excluding carboxylic acids is 1. The summed E-state index contributed by atoms with van der Waals surface area (Å²) in [5, 5.41) is 2.72. The SMILES string of the molecule is Cn1cc(C2CCCN(C(=O)OCc3ccccc3)C2)c(=O)[nH]1. The van der Waals surface area contributed by atoms with Crippen LogP contribution in [-0.2, 0) is 18.4 Å². The highest BCUT2D eigenvalue weighted by Crippen LogP contribution is 2.25. The van der Waals surface area contributed by atoms with Crippen LogP contribution in [0.25, 0.3) is 0 Å². The highest BCUT2D eigenvalue weighted by Gasteiger charge is 2.27. The first-order chi connectivity index (χ1) is 11.1. The zero-order chi connectivity index (χ0) is 16.2. The van der Waals surface area contributed by atoms with Crippen LogP contribution in [0.1, 0.15) is 29.9 Å². The molecule has 1 fully saturated rings. The molecule has 0 radical (unpaired) electrons. The first kappa shape index (κ1) is 15.4. The molecule has 1 aromatic carbocycles. The van der Waals surface area contributed by atoms with E-state index in [9.17, 15) is 9.59 Å².